The minimum atomic E-state index is 0.474. The third-order valence-corrected chi connectivity index (χ3v) is 3.27. The molecule has 17 heavy (non-hydrogen) atoms. The summed E-state index contributed by atoms with van der Waals surface area (Å²) in [7, 11) is 2.05. The quantitative estimate of drug-likeness (QED) is 0.743. The molecule has 0 aliphatic heterocycles. The van der Waals surface area contributed by atoms with E-state index in [2.05, 4.69) is 54.4 Å². The largest absolute Gasteiger partial charge is 0.313 e. The zero-order valence-corrected chi connectivity index (χ0v) is 11.4. The summed E-state index contributed by atoms with van der Waals surface area (Å²) >= 11 is 0. The van der Waals surface area contributed by atoms with Gasteiger partial charge >= 0.3 is 0 Å². The fraction of sp³-hybridized carbons (Fsp3) is 0.600. The molecule has 1 unspecified atom stereocenters. The van der Waals surface area contributed by atoms with Crippen LogP contribution in [-0.4, -0.2) is 31.6 Å². The predicted octanol–water partition coefficient (Wildman–Crippen LogP) is 3.07. The van der Waals surface area contributed by atoms with Gasteiger partial charge in [0.1, 0.15) is 0 Å². The summed E-state index contributed by atoms with van der Waals surface area (Å²) in [4.78, 5) is 2.52. The van der Waals surface area contributed by atoms with Crippen molar-refractivity contribution in [2.75, 3.05) is 26.7 Å². The van der Waals surface area contributed by atoms with Crippen molar-refractivity contribution in [1.29, 1.82) is 0 Å². The van der Waals surface area contributed by atoms with Gasteiger partial charge in [-0.05, 0) is 45.1 Å². The Balaban J connectivity index is 2.47. The van der Waals surface area contributed by atoms with Crippen LogP contribution in [0.4, 0.5) is 0 Å². The molecule has 0 aliphatic rings. The lowest BCUT2D eigenvalue weighted by atomic mass is 10.0. The zero-order valence-electron chi connectivity index (χ0n) is 11.4. The van der Waals surface area contributed by atoms with E-state index in [0.717, 1.165) is 6.54 Å². The highest BCUT2D eigenvalue weighted by Crippen LogP contribution is 2.16. The summed E-state index contributed by atoms with van der Waals surface area (Å²) < 4.78 is 0. The van der Waals surface area contributed by atoms with Crippen LogP contribution in [0.15, 0.2) is 30.3 Å². The Morgan fingerprint density at radius 1 is 1.12 bits per heavy atom. The van der Waals surface area contributed by atoms with Crippen molar-refractivity contribution in [3.63, 3.8) is 0 Å². The van der Waals surface area contributed by atoms with Gasteiger partial charge in [0.2, 0.25) is 0 Å². The van der Waals surface area contributed by atoms with Crippen molar-refractivity contribution in [2.45, 2.75) is 32.7 Å². The van der Waals surface area contributed by atoms with E-state index in [1.807, 2.05) is 7.05 Å². The number of hydrogen-bond acceptors (Lipinski definition) is 2. The number of nitrogens with zero attached hydrogens (tertiary/aromatic N) is 1. The van der Waals surface area contributed by atoms with Gasteiger partial charge in [-0.3, -0.25) is 0 Å². The summed E-state index contributed by atoms with van der Waals surface area (Å²) in [5.41, 5.74) is 1.39. The van der Waals surface area contributed by atoms with Gasteiger partial charge in [-0.25, -0.2) is 0 Å². The lowest BCUT2D eigenvalue weighted by molar-refractivity contribution is 0.271. The Kier molecular flexibility index (Phi) is 6.90. The van der Waals surface area contributed by atoms with Crippen molar-refractivity contribution in [2.24, 2.45) is 0 Å². The maximum Gasteiger partial charge on any atom is 0.0329 e. The molecule has 0 heterocycles. The summed E-state index contributed by atoms with van der Waals surface area (Å²) in [5.74, 6) is 0. The Bertz CT molecular complexity index is 284. The monoisotopic (exact) mass is 234 g/mol. The smallest absolute Gasteiger partial charge is 0.0329 e. The van der Waals surface area contributed by atoms with E-state index in [9.17, 15) is 0 Å². The predicted molar refractivity (Wildman–Crippen MR) is 75.3 cm³/mol. The molecule has 0 aromatic heterocycles. The molecule has 0 fully saturated rings. The first kappa shape index (κ1) is 14.2. The molecule has 1 rings (SSSR count). The van der Waals surface area contributed by atoms with Gasteiger partial charge in [0.25, 0.3) is 0 Å². The normalized spacial score (nSPS) is 12.9. The van der Waals surface area contributed by atoms with E-state index in [-0.39, 0.29) is 0 Å². The molecule has 0 amide bonds. The first-order chi connectivity index (χ1) is 8.31. The van der Waals surface area contributed by atoms with Crippen molar-refractivity contribution in [1.82, 2.24) is 10.2 Å². The second-order valence-electron chi connectivity index (χ2n) is 4.47. The van der Waals surface area contributed by atoms with E-state index < -0.39 is 0 Å². The van der Waals surface area contributed by atoms with Crippen molar-refractivity contribution in [3.8, 4) is 0 Å². The van der Waals surface area contributed by atoms with Crippen LogP contribution in [0.25, 0.3) is 0 Å². The molecule has 1 N–H and O–H groups in total. The molecule has 0 spiro atoms. The van der Waals surface area contributed by atoms with Crippen LogP contribution in [-0.2, 0) is 0 Å². The average molecular weight is 234 g/mol. The number of benzene rings is 1. The molecule has 0 saturated carbocycles. The van der Waals surface area contributed by atoms with Crippen molar-refractivity contribution < 1.29 is 0 Å². The highest BCUT2D eigenvalue weighted by molar-refractivity contribution is 5.18. The van der Waals surface area contributed by atoms with Crippen LogP contribution in [0.3, 0.4) is 0 Å². The number of nitrogens with one attached hydrogen (secondary N) is 1. The van der Waals surface area contributed by atoms with E-state index in [1.54, 1.807) is 0 Å². The van der Waals surface area contributed by atoms with E-state index >= 15 is 0 Å². The van der Waals surface area contributed by atoms with E-state index in [4.69, 9.17) is 0 Å². The van der Waals surface area contributed by atoms with E-state index in [0.29, 0.717) is 6.04 Å². The van der Waals surface area contributed by atoms with Crippen LogP contribution in [0.2, 0.25) is 0 Å². The second kappa shape index (κ2) is 8.26. The molecule has 1 atom stereocenters. The number of hydrogen-bond donors (Lipinski definition) is 1. The van der Waals surface area contributed by atoms with Crippen LogP contribution in [0, 0.1) is 0 Å². The van der Waals surface area contributed by atoms with Gasteiger partial charge in [0.05, 0.1) is 0 Å². The third-order valence-electron chi connectivity index (χ3n) is 3.27. The third kappa shape index (κ3) is 4.88. The molecular formula is C15H26N2. The standard InChI is InChI=1S/C15H26N2/c1-4-12-17(5-2)13-11-15(16-3)14-9-7-6-8-10-14/h6-10,15-16H,4-5,11-13H2,1-3H3. The van der Waals surface area contributed by atoms with Gasteiger partial charge < -0.3 is 10.2 Å². The maximum atomic E-state index is 3.41. The van der Waals surface area contributed by atoms with Crippen LogP contribution >= 0.6 is 0 Å². The van der Waals surface area contributed by atoms with Gasteiger partial charge in [-0.15, -0.1) is 0 Å². The summed E-state index contributed by atoms with van der Waals surface area (Å²) in [6.45, 7) is 8.02. The lowest BCUT2D eigenvalue weighted by Crippen LogP contribution is -2.29. The molecule has 0 saturated heterocycles. The number of rotatable bonds is 8. The summed E-state index contributed by atoms with van der Waals surface area (Å²) in [5, 5.41) is 3.41. The Morgan fingerprint density at radius 2 is 1.82 bits per heavy atom. The molecule has 96 valence electrons. The zero-order chi connectivity index (χ0) is 12.5. The van der Waals surface area contributed by atoms with Gasteiger partial charge in [0, 0.05) is 6.04 Å². The fourth-order valence-electron chi connectivity index (χ4n) is 2.22. The van der Waals surface area contributed by atoms with E-state index in [1.165, 1.54) is 31.5 Å². The van der Waals surface area contributed by atoms with Crippen LogP contribution in [0.5, 0.6) is 0 Å². The highest BCUT2D eigenvalue weighted by atomic mass is 15.1. The van der Waals surface area contributed by atoms with Crippen LogP contribution in [0.1, 0.15) is 38.3 Å². The summed E-state index contributed by atoms with van der Waals surface area (Å²) in [6.07, 6.45) is 2.41. The van der Waals surface area contributed by atoms with Crippen molar-refractivity contribution in [3.05, 3.63) is 35.9 Å². The average Bonchev–Trinajstić information content (AvgIpc) is 2.39. The minimum absolute atomic E-state index is 0.474. The molecule has 1 aromatic carbocycles. The molecule has 0 aliphatic carbocycles. The minimum Gasteiger partial charge on any atom is -0.313 e. The lowest BCUT2D eigenvalue weighted by Gasteiger charge is -2.23. The second-order valence-corrected chi connectivity index (χ2v) is 4.47. The van der Waals surface area contributed by atoms with Crippen molar-refractivity contribution >= 4 is 0 Å². The van der Waals surface area contributed by atoms with Crippen LogP contribution < -0.4 is 5.32 Å². The summed E-state index contributed by atoms with van der Waals surface area (Å²) in [6, 6.07) is 11.2. The van der Waals surface area contributed by atoms with Gasteiger partial charge in [-0.2, -0.15) is 0 Å². The molecule has 0 bridgehead atoms. The Morgan fingerprint density at radius 3 is 2.35 bits per heavy atom. The molecular weight excluding hydrogens is 208 g/mol. The first-order valence-corrected chi connectivity index (χ1v) is 6.76. The Hall–Kier alpha value is -0.860. The Labute approximate surface area is 106 Å². The molecule has 2 heteroatoms. The molecule has 0 radical (unpaired) electrons. The SMILES string of the molecule is CCCN(CC)CCC(NC)c1ccccc1. The maximum absolute atomic E-state index is 3.41. The fourth-order valence-corrected chi connectivity index (χ4v) is 2.22. The first-order valence-electron chi connectivity index (χ1n) is 6.76. The highest BCUT2D eigenvalue weighted by Gasteiger charge is 2.10. The molecule has 2 nitrogen and oxygen atoms in total. The van der Waals surface area contributed by atoms with Gasteiger partial charge in [0.15, 0.2) is 0 Å². The molecule has 1 aromatic rings. The topological polar surface area (TPSA) is 15.3 Å². The van der Waals surface area contributed by atoms with Gasteiger partial charge in [-0.1, -0.05) is 44.2 Å².